The van der Waals surface area contributed by atoms with Crippen molar-refractivity contribution in [1.29, 1.82) is 0 Å². The fourth-order valence-corrected chi connectivity index (χ4v) is 14.6. The van der Waals surface area contributed by atoms with Crippen molar-refractivity contribution in [2.24, 2.45) is 0 Å². The molecule has 9 rings (SSSR count). The summed E-state index contributed by atoms with van der Waals surface area (Å²) in [5, 5.41) is 4.75. The topological polar surface area (TPSA) is 176 Å². The van der Waals surface area contributed by atoms with E-state index in [-0.39, 0.29) is 67.2 Å². The van der Waals surface area contributed by atoms with E-state index in [1.165, 1.54) is 16.4 Å². The number of amides is 3. The molecule has 16 nitrogen and oxygen atoms in total. The molecule has 0 spiro atoms. The monoisotopic (exact) mass is 1100 g/mol. The van der Waals surface area contributed by atoms with Gasteiger partial charge in [-0.2, -0.15) is 8.42 Å². The molecule has 0 fully saturated rings. The highest BCUT2D eigenvalue weighted by atomic mass is 33.1. The van der Waals surface area contributed by atoms with Gasteiger partial charge in [-0.25, -0.2) is 0 Å². The van der Waals surface area contributed by atoms with Gasteiger partial charge in [-0.15, -0.1) is 0 Å². The van der Waals surface area contributed by atoms with Crippen LogP contribution in [-0.2, 0) is 49.9 Å². The van der Waals surface area contributed by atoms with Crippen molar-refractivity contribution in [3.63, 3.8) is 0 Å². The Morgan fingerprint density at radius 3 is 1.88 bits per heavy atom. The normalized spacial score (nSPS) is 17.1. The summed E-state index contributed by atoms with van der Waals surface area (Å²) < 4.78 is 48.6. The Hall–Kier alpha value is -6.25. The summed E-state index contributed by atoms with van der Waals surface area (Å²) >= 11 is 0. The van der Waals surface area contributed by atoms with Crippen LogP contribution in [0.1, 0.15) is 88.6 Å². The van der Waals surface area contributed by atoms with Gasteiger partial charge in [-0.05, 0) is 123 Å². The number of aryl methyl sites for hydroxylation is 1. The number of nitrogens with one attached hydrogen (secondary N) is 2. The molecule has 19 heteroatoms. The number of benzene rings is 5. The second kappa shape index (κ2) is 23.4. The first-order valence-electron chi connectivity index (χ1n) is 26.0. The molecule has 4 aliphatic rings. The van der Waals surface area contributed by atoms with Crippen molar-refractivity contribution in [2.75, 3.05) is 85.2 Å². The molecule has 5 aromatic rings. The molecule has 4 aliphatic heterocycles. The lowest BCUT2D eigenvalue weighted by Crippen LogP contribution is -2.41. The fraction of sp³-hybridized carbons (Fsp3) is 0.414. The smallest absolute Gasteiger partial charge is 0.277 e. The fourth-order valence-electron chi connectivity index (χ4n) is 10.8. The Morgan fingerprint density at radius 1 is 0.753 bits per heavy atom. The van der Waals surface area contributed by atoms with Crippen LogP contribution in [0.3, 0.4) is 0 Å². The van der Waals surface area contributed by atoms with Gasteiger partial charge >= 0.3 is 0 Å². The first-order chi connectivity index (χ1) is 36.9. The van der Waals surface area contributed by atoms with Crippen LogP contribution in [0.5, 0.6) is 17.2 Å². The molecule has 3 atom stereocenters. The van der Waals surface area contributed by atoms with Crippen LogP contribution in [-0.4, -0.2) is 114 Å². The highest BCUT2D eigenvalue weighted by Crippen LogP contribution is 2.44. The maximum absolute atomic E-state index is 14.3. The van der Waals surface area contributed by atoms with Crippen LogP contribution in [0.15, 0.2) is 91.0 Å². The number of ether oxygens (including phenoxy) is 3. The summed E-state index contributed by atoms with van der Waals surface area (Å²) in [5.41, 5.74) is 9.75. The predicted octanol–water partition coefficient (Wildman–Crippen LogP) is 9.00. The molecule has 2 N–H and O–H groups in total. The van der Waals surface area contributed by atoms with Crippen LogP contribution in [0.2, 0.25) is 0 Å². The number of hydrogen-bond donors (Lipinski definition) is 2. The lowest BCUT2D eigenvalue weighted by Gasteiger charge is -2.25. The van der Waals surface area contributed by atoms with E-state index in [1.807, 2.05) is 124 Å². The van der Waals surface area contributed by atoms with Crippen LogP contribution in [0, 0.1) is 6.92 Å². The van der Waals surface area contributed by atoms with Gasteiger partial charge in [0, 0.05) is 73.3 Å². The van der Waals surface area contributed by atoms with Crippen molar-refractivity contribution in [2.45, 2.75) is 95.1 Å². The summed E-state index contributed by atoms with van der Waals surface area (Å²) in [6.07, 6.45) is 2.36. The van der Waals surface area contributed by atoms with Gasteiger partial charge in [-0.3, -0.25) is 23.4 Å². The maximum Gasteiger partial charge on any atom is 0.277 e. The van der Waals surface area contributed by atoms with Gasteiger partial charge in [0.25, 0.3) is 21.9 Å². The quantitative estimate of drug-likeness (QED) is 0.0381. The summed E-state index contributed by atoms with van der Waals surface area (Å²) in [6, 6.07) is 29.3. The van der Waals surface area contributed by atoms with E-state index in [0.717, 1.165) is 65.0 Å². The molecule has 0 saturated heterocycles. The number of carbonyl (C=O) groups is 4. The standard InChI is InChI=1S/C58H68N6O10S3/c1-9-59-31-50(65)54(77(69,70)72-8)19-21-75-76-58(3,4)20-18-55(66)60-41-24-37(34-73-51-29-48-44(22-36(51)2)56(67)63-42(32-61(48)5)26-39-14-10-12-16-46(39)63)23-38(25-41)35-74-53-30-49-45(28-52(53)71-7)57(68)64-43(33-62(49)6)27-40-15-11-13-17-47(40)64/h10-17,22-25,28-30,42-43,54,59H,9,18-21,26-27,31-35H2,1-8H3,(H,60,66)/t42-,43-,54?/m0/s1. The van der Waals surface area contributed by atoms with E-state index in [0.29, 0.717) is 65.9 Å². The Labute approximate surface area is 460 Å². The number of methoxy groups -OCH3 is 1. The number of fused-ring (bicyclic) bond motifs is 8. The van der Waals surface area contributed by atoms with Crippen LogP contribution >= 0.6 is 21.6 Å². The molecule has 77 heavy (non-hydrogen) atoms. The maximum atomic E-state index is 14.3. The van der Waals surface area contributed by atoms with E-state index in [9.17, 15) is 27.6 Å². The number of hydrogen-bond acceptors (Lipinski definition) is 15. The number of nitrogens with zero attached hydrogens (tertiary/aromatic N) is 4. The van der Waals surface area contributed by atoms with Crippen LogP contribution in [0.4, 0.5) is 28.4 Å². The molecule has 0 aromatic heterocycles. The molecule has 3 amide bonds. The average Bonchev–Trinajstić information content (AvgIpc) is 3.95. The summed E-state index contributed by atoms with van der Waals surface area (Å²) in [5.74, 6) is 1.12. The Balaban J connectivity index is 0.922. The van der Waals surface area contributed by atoms with E-state index in [1.54, 1.807) is 24.0 Å². The first kappa shape index (κ1) is 55.5. The van der Waals surface area contributed by atoms with Crippen molar-refractivity contribution in [3.8, 4) is 17.2 Å². The minimum atomic E-state index is -4.06. The van der Waals surface area contributed by atoms with Gasteiger partial charge < -0.3 is 44.4 Å². The zero-order chi connectivity index (χ0) is 54.8. The summed E-state index contributed by atoms with van der Waals surface area (Å²) in [7, 11) is 5.56. The molecule has 408 valence electrons. The number of ketones is 1. The molecule has 0 saturated carbocycles. The van der Waals surface area contributed by atoms with Gasteiger partial charge in [0.15, 0.2) is 17.3 Å². The van der Waals surface area contributed by atoms with E-state index in [4.69, 9.17) is 18.4 Å². The Morgan fingerprint density at radius 2 is 1.31 bits per heavy atom. The molecule has 0 radical (unpaired) electrons. The van der Waals surface area contributed by atoms with Gasteiger partial charge in [0.05, 0.1) is 55.3 Å². The molecular formula is C58H68N6O10S3. The van der Waals surface area contributed by atoms with E-state index < -0.39 is 21.2 Å². The molecule has 5 aromatic carbocycles. The number of Topliss-reactive ketones (excluding diaryl/α,β-unsaturated/α-hetero) is 1. The zero-order valence-electron chi connectivity index (χ0n) is 45.0. The van der Waals surface area contributed by atoms with Crippen molar-refractivity contribution < 1.29 is 46.0 Å². The minimum absolute atomic E-state index is 0.00735. The summed E-state index contributed by atoms with van der Waals surface area (Å²) in [4.78, 5) is 63.2. The predicted molar refractivity (Wildman–Crippen MR) is 307 cm³/mol. The highest BCUT2D eigenvalue weighted by molar-refractivity contribution is 8.77. The van der Waals surface area contributed by atoms with Gasteiger partial charge in [0.1, 0.15) is 24.2 Å². The zero-order valence-corrected chi connectivity index (χ0v) is 47.4. The van der Waals surface area contributed by atoms with Crippen molar-refractivity contribution in [1.82, 2.24) is 5.32 Å². The average molecular weight is 1110 g/mol. The largest absolute Gasteiger partial charge is 0.493 e. The lowest BCUT2D eigenvalue weighted by atomic mass is 10.1. The number of likely N-dealkylation sites (N-methyl/N-ethyl adjacent to an activating group) is 3. The second-order valence-corrected chi connectivity index (χ2v) is 25.8. The number of carbonyl (C=O) groups excluding carboxylic acids is 4. The molecule has 4 heterocycles. The number of anilines is 5. The van der Waals surface area contributed by atoms with Gasteiger partial charge in [0.2, 0.25) is 5.91 Å². The van der Waals surface area contributed by atoms with Gasteiger partial charge in [-0.1, -0.05) is 64.9 Å². The van der Waals surface area contributed by atoms with Crippen LogP contribution < -0.4 is 44.4 Å². The summed E-state index contributed by atoms with van der Waals surface area (Å²) in [6.45, 7) is 9.83. The number of para-hydroxylation sites is 2. The first-order valence-corrected chi connectivity index (χ1v) is 29.8. The van der Waals surface area contributed by atoms with E-state index >= 15 is 0 Å². The second-order valence-electron chi connectivity index (χ2n) is 20.8. The van der Waals surface area contributed by atoms with E-state index in [2.05, 4.69) is 32.6 Å². The third-order valence-corrected chi connectivity index (χ3v) is 19.8. The number of rotatable bonds is 22. The van der Waals surface area contributed by atoms with Crippen LogP contribution in [0.25, 0.3) is 0 Å². The third-order valence-electron chi connectivity index (χ3n) is 14.7. The minimum Gasteiger partial charge on any atom is -0.493 e. The lowest BCUT2D eigenvalue weighted by molar-refractivity contribution is -0.118. The highest BCUT2D eigenvalue weighted by Gasteiger charge is 2.41. The molecule has 0 aliphatic carbocycles. The Bertz CT molecular complexity index is 3190. The molecule has 1 unspecified atom stereocenters. The third kappa shape index (κ3) is 12.1. The molecule has 0 bridgehead atoms. The molecular weight excluding hydrogens is 1040 g/mol. The van der Waals surface area contributed by atoms with Crippen molar-refractivity contribution in [3.05, 3.63) is 130 Å². The van der Waals surface area contributed by atoms with Crippen molar-refractivity contribution >= 4 is 83.6 Å². The Kier molecular flexibility index (Phi) is 16.9. The SMILES string of the molecule is CCNCC(=O)C(CCSSC(C)(C)CCC(=O)Nc1cc(COc2cc3c(cc2C)C(=O)N2c4ccccc4C[C@H]2CN3C)cc(COc2cc3c(cc2OC)C(=O)N2c4ccccc4C[C@H]2CN3C)c1)S(=O)(=O)OC.